The van der Waals surface area contributed by atoms with Crippen molar-refractivity contribution in [3.05, 3.63) is 88.9 Å². The first kappa shape index (κ1) is 27.0. The highest BCUT2D eigenvalue weighted by Crippen LogP contribution is 2.30. The number of amides is 1. The summed E-state index contributed by atoms with van der Waals surface area (Å²) in [6.45, 7) is 0.900. The summed E-state index contributed by atoms with van der Waals surface area (Å²) in [5, 5.41) is 3.21. The lowest BCUT2D eigenvalue weighted by atomic mass is 9.94. The van der Waals surface area contributed by atoms with Crippen molar-refractivity contribution in [2.45, 2.75) is 32.4 Å². The number of nitrogens with one attached hydrogen (secondary N) is 1. The van der Waals surface area contributed by atoms with Crippen molar-refractivity contribution < 1.29 is 32.2 Å². The van der Waals surface area contributed by atoms with Crippen molar-refractivity contribution in [1.82, 2.24) is 9.88 Å². The number of aromatic nitrogens is 1. The zero-order valence-electron chi connectivity index (χ0n) is 20.9. The number of carbonyl (C=O) groups is 2. The fraction of sp³-hybridized carbons (Fsp3) is 0.321. The van der Waals surface area contributed by atoms with Crippen molar-refractivity contribution in [2.75, 3.05) is 25.6 Å². The van der Waals surface area contributed by atoms with Crippen LogP contribution in [0.15, 0.2) is 54.7 Å². The van der Waals surface area contributed by atoms with Crippen LogP contribution in [0.3, 0.4) is 0 Å². The van der Waals surface area contributed by atoms with Gasteiger partial charge in [0.15, 0.2) is 17.5 Å². The maximum atomic E-state index is 14.4. The standard InChI is InChI=1S/C28H28F3N3O4/c1-37-25(35)15-20-13-18-6-8-22(38-12-4-11-33-24-5-2-3-10-32-24)14-21(18)17-34(28(20)36)16-19-7-9-23(29)27(31)26(19)30/h2-3,5-10,14,20H,4,11-13,15-17H2,1H3,(H,32,33)/t20-/m0/s1. The van der Waals surface area contributed by atoms with Crippen molar-refractivity contribution in [1.29, 1.82) is 0 Å². The Balaban J connectivity index is 1.48. The average molecular weight is 528 g/mol. The molecular weight excluding hydrogens is 499 g/mol. The van der Waals surface area contributed by atoms with E-state index < -0.39 is 35.2 Å². The molecule has 38 heavy (non-hydrogen) atoms. The molecule has 2 heterocycles. The van der Waals surface area contributed by atoms with E-state index in [0.717, 1.165) is 35.5 Å². The second-order valence-corrected chi connectivity index (χ2v) is 8.98. The van der Waals surface area contributed by atoms with E-state index in [2.05, 4.69) is 10.3 Å². The molecule has 1 N–H and O–H groups in total. The van der Waals surface area contributed by atoms with Crippen molar-refractivity contribution in [2.24, 2.45) is 5.92 Å². The molecule has 0 aliphatic carbocycles. The minimum absolute atomic E-state index is 0.0860. The van der Waals surface area contributed by atoms with E-state index in [1.807, 2.05) is 30.3 Å². The van der Waals surface area contributed by atoms with Gasteiger partial charge >= 0.3 is 5.97 Å². The van der Waals surface area contributed by atoms with E-state index in [9.17, 15) is 22.8 Å². The normalized spacial score (nSPS) is 15.0. The highest BCUT2D eigenvalue weighted by atomic mass is 19.2. The molecule has 3 aromatic rings. The first-order valence-corrected chi connectivity index (χ1v) is 12.2. The molecule has 0 saturated heterocycles. The number of hydrogen-bond donors (Lipinski definition) is 1. The van der Waals surface area contributed by atoms with Crippen LogP contribution in [0, 0.1) is 23.4 Å². The first-order chi connectivity index (χ1) is 18.4. The largest absolute Gasteiger partial charge is 0.494 e. The number of nitrogens with zero attached hydrogens (tertiary/aromatic N) is 2. The lowest BCUT2D eigenvalue weighted by Crippen LogP contribution is -2.35. The molecular formula is C28H28F3N3O4. The second kappa shape index (κ2) is 12.4. The highest BCUT2D eigenvalue weighted by Gasteiger charge is 2.32. The van der Waals surface area contributed by atoms with Crippen LogP contribution in [0.25, 0.3) is 0 Å². The summed E-state index contributed by atoms with van der Waals surface area (Å²) in [7, 11) is 1.24. The SMILES string of the molecule is COC(=O)C[C@@H]1Cc2ccc(OCCCNc3ccccn3)cc2CN(Cc2ccc(F)c(F)c2F)C1=O. The third kappa shape index (κ3) is 6.62. The predicted molar refractivity (Wildman–Crippen MR) is 134 cm³/mol. The van der Waals surface area contributed by atoms with Crippen LogP contribution in [0.5, 0.6) is 5.75 Å². The van der Waals surface area contributed by atoms with E-state index in [1.54, 1.807) is 12.3 Å². The molecule has 1 aliphatic heterocycles. The van der Waals surface area contributed by atoms with Gasteiger partial charge < -0.3 is 19.7 Å². The smallest absolute Gasteiger partial charge is 0.306 e. The van der Waals surface area contributed by atoms with Gasteiger partial charge in [-0.3, -0.25) is 9.59 Å². The zero-order chi connectivity index (χ0) is 27.1. The maximum Gasteiger partial charge on any atom is 0.306 e. The molecule has 1 aliphatic rings. The molecule has 2 aromatic carbocycles. The topological polar surface area (TPSA) is 80.8 Å². The van der Waals surface area contributed by atoms with E-state index in [1.165, 1.54) is 12.0 Å². The van der Waals surface area contributed by atoms with Gasteiger partial charge in [0, 0.05) is 31.4 Å². The highest BCUT2D eigenvalue weighted by molar-refractivity contribution is 5.84. The number of esters is 1. The van der Waals surface area contributed by atoms with E-state index in [4.69, 9.17) is 9.47 Å². The first-order valence-electron chi connectivity index (χ1n) is 12.2. The maximum absolute atomic E-state index is 14.4. The molecule has 200 valence electrons. The van der Waals surface area contributed by atoms with Gasteiger partial charge in [0.25, 0.3) is 0 Å². The summed E-state index contributed by atoms with van der Waals surface area (Å²) < 4.78 is 52.3. The lowest BCUT2D eigenvalue weighted by Gasteiger charge is -2.24. The molecule has 1 amide bonds. The van der Waals surface area contributed by atoms with Gasteiger partial charge in [-0.2, -0.15) is 0 Å². The molecule has 0 spiro atoms. The summed E-state index contributed by atoms with van der Waals surface area (Å²) in [5.74, 6) is -4.57. The molecule has 0 unspecified atom stereocenters. The van der Waals surface area contributed by atoms with Crippen LogP contribution in [-0.4, -0.2) is 42.0 Å². The number of pyridine rings is 1. The van der Waals surface area contributed by atoms with E-state index in [0.29, 0.717) is 18.9 Å². The number of anilines is 1. The number of ether oxygens (including phenoxy) is 2. The number of hydrogen-bond acceptors (Lipinski definition) is 6. The third-order valence-corrected chi connectivity index (χ3v) is 6.34. The molecule has 7 nitrogen and oxygen atoms in total. The average Bonchev–Trinajstić information content (AvgIpc) is 3.05. The van der Waals surface area contributed by atoms with Gasteiger partial charge in [0.05, 0.1) is 26.1 Å². The van der Waals surface area contributed by atoms with Crippen LogP contribution in [0.4, 0.5) is 19.0 Å². The summed E-state index contributed by atoms with van der Waals surface area (Å²) >= 11 is 0. The lowest BCUT2D eigenvalue weighted by molar-refractivity contribution is -0.147. The quantitative estimate of drug-likeness (QED) is 0.235. The number of rotatable bonds is 10. The van der Waals surface area contributed by atoms with Crippen LogP contribution >= 0.6 is 0 Å². The zero-order valence-corrected chi connectivity index (χ0v) is 20.9. The molecule has 1 aromatic heterocycles. The monoisotopic (exact) mass is 527 g/mol. The fourth-order valence-corrected chi connectivity index (χ4v) is 4.35. The van der Waals surface area contributed by atoms with Crippen molar-refractivity contribution in [3.63, 3.8) is 0 Å². The summed E-state index contributed by atoms with van der Waals surface area (Å²) in [6.07, 6.45) is 2.54. The Morgan fingerprint density at radius 3 is 2.71 bits per heavy atom. The second-order valence-electron chi connectivity index (χ2n) is 8.98. The van der Waals surface area contributed by atoms with Gasteiger partial charge in [0.1, 0.15) is 11.6 Å². The summed E-state index contributed by atoms with van der Waals surface area (Å²) in [6, 6.07) is 13.0. The van der Waals surface area contributed by atoms with Crippen LogP contribution < -0.4 is 10.1 Å². The molecule has 0 fully saturated rings. The van der Waals surface area contributed by atoms with Gasteiger partial charge in [0.2, 0.25) is 5.91 Å². The van der Waals surface area contributed by atoms with Crippen LogP contribution in [0.2, 0.25) is 0 Å². The molecule has 0 saturated carbocycles. The Morgan fingerprint density at radius 1 is 1.11 bits per heavy atom. The Morgan fingerprint density at radius 2 is 1.95 bits per heavy atom. The predicted octanol–water partition coefficient (Wildman–Crippen LogP) is 4.64. The van der Waals surface area contributed by atoms with Crippen molar-refractivity contribution >= 4 is 17.7 Å². The van der Waals surface area contributed by atoms with Crippen LogP contribution in [-0.2, 0) is 33.8 Å². The van der Waals surface area contributed by atoms with Gasteiger partial charge in [-0.1, -0.05) is 18.2 Å². The summed E-state index contributed by atoms with van der Waals surface area (Å²) in [4.78, 5) is 30.9. The Hall–Kier alpha value is -4.08. The molecule has 0 bridgehead atoms. The van der Waals surface area contributed by atoms with Crippen molar-refractivity contribution in [3.8, 4) is 5.75 Å². The minimum atomic E-state index is -1.59. The van der Waals surface area contributed by atoms with Gasteiger partial charge in [-0.05, 0) is 54.3 Å². The summed E-state index contributed by atoms with van der Waals surface area (Å²) in [5.41, 5.74) is 1.44. The Bertz CT molecular complexity index is 1290. The number of benzene rings is 2. The third-order valence-electron chi connectivity index (χ3n) is 6.34. The molecule has 10 heteroatoms. The Labute approximate surface area is 218 Å². The number of methoxy groups -OCH3 is 1. The van der Waals surface area contributed by atoms with Gasteiger partial charge in [-0.25, -0.2) is 18.2 Å². The Kier molecular flexibility index (Phi) is 8.83. The molecule has 1 atom stereocenters. The number of carbonyl (C=O) groups excluding carboxylic acids is 2. The minimum Gasteiger partial charge on any atom is -0.494 e. The fourth-order valence-electron chi connectivity index (χ4n) is 4.35. The number of fused-ring (bicyclic) bond motifs is 1. The van der Waals surface area contributed by atoms with Gasteiger partial charge in [-0.15, -0.1) is 0 Å². The van der Waals surface area contributed by atoms with E-state index in [-0.39, 0.29) is 31.5 Å². The van der Waals surface area contributed by atoms with E-state index >= 15 is 0 Å². The van der Waals surface area contributed by atoms with Crippen LogP contribution in [0.1, 0.15) is 29.5 Å². The molecule has 4 rings (SSSR count). The molecule has 0 radical (unpaired) electrons. The number of halogens is 3.